The summed E-state index contributed by atoms with van der Waals surface area (Å²) in [6, 6.07) is 0. The van der Waals surface area contributed by atoms with Crippen LogP contribution in [0.5, 0.6) is 0 Å². The topological polar surface area (TPSA) is 94.8 Å². The zero-order valence-electron chi connectivity index (χ0n) is 3.89. The molecule has 0 fully saturated rings. The van der Waals surface area contributed by atoms with Gasteiger partial charge in [-0.05, 0) is 0 Å². The van der Waals surface area contributed by atoms with Gasteiger partial charge in [-0.15, -0.1) is 9.79 Å². The Morgan fingerprint density at radius 3 is 1.62 bits per heavy atom. The molecule has 0 saturated heterocycles. The molecule has 0 spiro atoms. The molecule has 0 bridgehead atoms. The van der Waals surface area contributed by atoms with Gasteiger partial charge < -0.3 is 9.90 Å². The van der Waals surface area contributed by atoms with E-state index in [4.69, 9.17) is 24.3 Å². The summed E-state index contributed by atoms with van der Waals surface area (Å²) in [6.45, 7) is -0.361. The molecule has 0 atom stereocenters. The summed E-state index contributed by atoms with van der Waals surface area (Å²) < 4.78 is 8.70. The number of aldehydes is 1. The van der Waals surface area contributed by atoms with Gasteiger partial charge in [-0.3, -0.25) is 0 Å². The summed E-state index contributed by atoms with van der Waals surface area (Å²) in [6.07, 6.45) is 0.431. The predicted octanol–water partition coefficient (Wildman–Crippen LogP) is -1.19. The molecule has 0 aliphatic heterocycles. The van der Waals surface area contributed by atoms with Crippen LogP contribution >= 0.6 is 8.25 Å². The lowest BCUT2D eigenvalue weighted by molar-refractivity contribution is -0.110. The van der Waals surface area contributed by atoms with E-state index in [9.17, 15) is 0 Å². The van der Waals surface area contributed by atoms with Gasteiger partial charge in [0, 0.05) is 4.57 Å². The van der Waals surface area contributed by atoms with Crippen molar-refractivity contribution in [3.63, 3.8) is 0 Å². The normalized spacial score (nSPS) is 6.38. The van der Waals surface area contributed by atoms with Crippen molar-refractivity contribution in [1.82, 2.24) is 0 Å². The first kappa shape index (κ1) is 10.6. The second-order valence-electron chi connectivity index (χ2n) is 0.602. The van der Waals surface area contributed by atoms with Crippen LogP contribution in [0.1, 0.15) is 0 Å². The number of hydrogen-bond acceptors (Lipinski definition) is 3. The van der Waals surface area contributed by atoms with Gasteiger partial charge in [0.15, 0.2) is 0 Å². The van der Waals surface area contributed by atoms with Crippen molar-refractivity contribution in [2.75, 3.05) is 6.61 Å². The van der Waals surface area contributed by atoms with Gasteiger partial charge in [0.2, 0.25) is 0 Å². The van der Waals surface area contributed by atoms with Crippen LogP contribution in [0.3, 0.4) is 0 Å². The quantitative estimate of drug-likeness (QED) is 0.315. The maximum Gasteiger partial charge on any atom is 0.692 e. The van der Waals surface area contributed by atoms with E-state index in [0.717, 1.165) is 0 Å². The van der Waals surface area contributed by atoms with E-state index >= 15 is 0 Å². The van der Waals surface area contributed by atoms with Crippen LogP contribution in [0.25, 0.3) is 0 Å². The Balaban J connectivity index is 0. The van der Waals surface area contributed by atoms with Gasteiger partial charge in [-0.2, -0.15) is 0 Å². The molecule has 0 heterocycles. The van der Waals surface area contributed by atoms with Gasteiger partial charge >= 0.3 is 8.25 Å². The van der Waals surface area contributed by atoms with E-state index in [0.29, 0.717) is 6.29 Å². The summed E-state index contributed by atoms with van der Waals surface area (Å²) in [5.74, 6) is 0. The van der Waals surface area contributed by atoms with Crippen LogP contribution in [-0.2, 0) is 9.36 Å². The lowest BCUT2D eigenvalue weighted by Crippen LogP contribution is -1.75. The van der Waals surface area contributed by atoms with Crippen molar-refractivity contribution < 1.29 is 24.3 Å². The highest BCUT2D eigenvalue weighted by Crippen LogP contribution is 1.98. The van der Waals surface area contributed by atoms with Gasteiger partial charge in [-0.1, -0.05) is 0 Å². The van der Waals surface area contributed by atoms with E-state index in [1.54, 1.807) is 0 Å². The molecule has 5 nitrogen and oxygen atoms in total. The number of carbonyl (C=O) groups excluding carboxylic acids is 1. The Kier molecular flexibility index (Phi) is 13.0. The fraction of sp³-hybridized carbons (Fsp3) is 0.500. The predicted molar refractivity (Wildman–Crippen MR) is 25.2 cm³/mol. The minimum absolute atomic E-state index is 0.361. The molecule has 0 radical (unpaired) electrons. The zero-order chi connectivity index (χ0) is 6.99. The van der Waals surface area contributed by atoms with Crippen molar-refractivity contribution in [1.29, 1.82) is 0 Å². The van der Waals surface area contributed by atoms with E-state index in [1.807, 2.05) is 0 Å². The molecule has 8 heavy (non-hydrogen) atoms. The Labute approximate surface area is 46.5 Å². The van der Waals surface area contributed by atoms with Crippen molar-refractivity contribution in [3.8, 4) is 0 Å². The maximum absolute atomic E-state index is 8.92. The SMILES string of the molecule is O=CCO.O=[P+](O)O. The Morgan fingerprint density at radius 2 is 1.62 bits per heavy atom. The first-order chi connectivity index (χ1) is 3.65. The minimum atomic E-state index is -2.87. The summed E-state index contributed by atoms with van der Waals surface area (Å²) in [5, 5.41) is 7.51. The van der Waals surface area contributed by atoms with Crippen molar-refractivity contribution >= 4 is 14.5 Å². The zero-order valence-corrected chi connectivity index (χ0v) is 4.78. The second kappa shape index (κ2) is 9.82. The summed E-state index contributed by atoms with van der Waals surface area (Å²) in [7, 11) is -2.87. The van der Waals surface area contributed by atoms with E-state index in [2.05, 4.69) is 0 Å². The molecule has 0 aliphatic carbocycles. The number of aliphatic hydroxyl groups excluding tert-OH is 1. The van der Waals surface area contributed by atoms with Crippen LogP contribution in [0, 0.1) is 0 Å². The van der Waals surface area contributed by atoms with Crippen LogP contribution < -0.4 is 0 Å². The number of rotatable bonds is 1. The summed E-state index contributed by atoms with van der Waals surface area (Å²) >= 11 is 0. The largest absolute Gasteiger partial charge is 0.692 e. The van der Waals surface area contributed by atoms with E-state index in [-0.39, 0.29) is 6.61 Å². The first-order valence-electron chi connectivity index (χ1n) is 1.54. The fourth-order valence-corrected chi connectivity index (χ4v) is 0. The average molecular weight is 141 g/mol. The molecule has 48 valence electrons. The molecule has 0 saturated carbocycles. The molecular formula is C2H6O5P+. The molecule has 0 aromatic carbocycles. The molecule has 0 rings (SSSR count). The van der Waals surface area contributed by atoms with Gasteiger partial charge in [0.1, 0.15) is 6.29 Å². The maximum atomic E-state index is 8.92. The number of carbonyl (C=O) groups is 1. The standard InChI is InChI=1S/C2H4O2.HO3P/c3-1-2-4;1-4(2)3/h1,4H,2H2;(H-,1,2,3)/p+1. The Hall–Kier alpha value is -0.350. The first-order valence-corrected chi connectivity index (χ1v) is 2.71. The number of hydrogen-bond donors (Lipinski definition) is 3. The Bertz CT molecular complexity index is 66.8. The highest BCUT2D eigenvalue weighted by atomic mass is 31.1. The molecule has 6 heteroatoms. The van der Waals surface area contributed by atoms with Gasteiger partial charge in [-0.25, -0.2) is 0 Å². The average Bonchev–Trinajstić information content (AvgIpc) is 1.65. The summed E-state index contributed by atoms with van der Waals surface area (Å²) in [4.78, 5) is 23.2. The van der Waals surface area contributed by atoms with Crippen LogP contribution in [0.15, 0.2) is 0 Å². The third-order valence-electron chi connectivity index (χ3n) is 0.0745. The van der Waals surface area contributed by atoms with Crippen LogP contribution in [-0.4, -0.2) is 27.8 Å². The van der Waals surface area contributed by atoms with Gasteiger partial charge in [0.25, 0.3) is 0 Å². The fourth-order valence-electron chi connectivity index (χ4n) is 0. The lowest BCUT2D eigenvalue weighted by atomic mass is 10.9. The lowest BCUT2D eigenvalue weighted by Gasteiger charge is -1.54. The third-order valence-corrected chi connectivity index (χ3v) is 0.0745. The smallest absolute Gasteiger partial charge is 0.389 e. The Morgan fingerprint density at radius 1 is 1.50 bits per heavy atom. The molecule has 3 N–H and O–H groups in total. The molecule has 0 amide bonds. The molecular weight excluding hydrogens is 135 g/mol. The van der Waals surface area contributed by atoms with E-state index < -0.39 is 8.25 Å². The monoisotopic (exact) mass is 141 g/mol. The summed E-state index contributed by atoms with van der Waals surface area (Å²) in [5.41, 5.74) is 0. The number of aliphatic hydroxyl groups is 1. The van der Waals surface area contributed by atoms with Gasteiger partial charge in [0.05, 0.1) is 6.61 Å². The van der Waals surface area contributed by atoms with Crippen molar-refractivity contribution in [3.05, 3.63) is 0 Å². The highest BCUT2D eigenvalue weighted by molar-refractivity contribution is 7.30. The van der Waals surface area contributed by atoms with Crippen molar-refractivity contribution in [2.45, 2.75) is 0 Å². The van der Waals surface area contributed by atoms with Crippen LogP contribution in [0.4, 0.5) is 0 Å². The highest BCUT2D eigenvalue weighted by Gasteiger charge is 1.93. The molecule has 0 aromatic heterocycles. The van der Waals surface area contributed by atoms with Crippen LogP contribution in [0.2, 0.25) is 0 Å². The van der Waals surface area contributed by atoms with E-state index in [1.165, 1.54) is 0 Å². The second-order valence-corrected chi connectivity index (χ2v) is 1.11. The molecule has 0 unspecified atom stereocenters. The minimum Gasteiger partial charge on any atom is -0.389 e. The molecule has 0 aromatic rings. The third kappa shape index (κ3) is 289. The van der Waals surface area contributed by atoms with Crippen molar-refractivity contribution in [2.24, 2.45) is 0 Å². The molecule has 0 aliphatic rings.